The van der Waals surface area contributed by atoms with Crippen molar-refractivity contribution < 1.29 is 0 Å². The smallest absolute Gasteiger partial charge is 0.0465 e. The molecule has 1 saturated heterocycles. The van der Waals surface area contributed by atoms with E-state index in [-0.39, 0.29) is 0 Å². The molecular formula is C10H19N3. The minimum Gasteiger partial charge on any atom is -0.314 e. The number of nitrogens with zero attached hydrogens (tertiary/aromatic N) is 2. The van der Waals surface area contributed by atoms with Crippen molar-refractivity contribution in [2.45, 2.75) is 25.8 Å². The van der Waals surface area contributed by atoms with Crippen molar-refractivity contribution in [2.24, 2.45) is 0 Å². The van der Waals surface area contributed by atoms with Crippen LogP contribution >= 0.6 is 0 Å². The van der Waals surface area contributed by atoms with E-state index in [9.17, 15) is 0 Å². The normalized spacial score (nSPS) is 29.0. The number of nitrogens with one attached hydrogen (secondary N) is 1. The Kier molecular flexibility index (Phi) is 2.86. The first-order valence-electron chi connectivity index (χ1n) is 5.28. The highest BCUT2D eigenvalue weighted by atomic mass is 15.5. The van der Waals surface area contributed by atoms with E-state index >= 15 is 0 Å². The van der Waals surface area contributed by atoms with E-state index in [0.717, 1.165) is 6.54 Å². The van der Waals surface area contributed by atoms with Crippen LogP contribution in [0.1, 0.15) is 19.8 Å². The second-order valence-corrected chi connectivity index (χ2v) is 4.00. The van der Waals surface area contributed by atoms with E-state index < -0.39 is 0 Å². The maximum absolute atomic E-state index is 3.37. The standard InChI is InChI=1S/C10H19N3/c1-10-4-7-13(11-10)9-8-12-5-2-3-6-12/h4,7,10-11H,2-3,5-6,8-9H2,1H3. The van der Waals surface area contributed by atoms with E-state index in [1.54, 1.807) is 0 Å². The summed E-state index contributed by atoms with van der Waals surface area (Å²) in [5, 5.41) is 2.20. The molecule has 0 aromatic heterocycles. The molecule has 0 bridgehead atoms. The van der Waals surface area contributed by atoms with Gasteiger partial charge in [-0.1, -0.05) is 0 Å². The maximum Gasteiger partial charge on any atom is 0.0465 e. The van der Waals surface area contributed by atoms with Crippen LogP contribution in [0.5, 0.6) is 0 Å². The molecule has 2 aliphatic rings. The molecule has 0 saturated carbocycles. The zero-order valence-electron chi connectivity index (χ0n) is 8.37. The fourth-order valence-electron chi connectivity index (χ4n) is 1.98. The molecule has 0 aromatic carbocycles. The van der Waals surface area contributed by atoms with Crippen LogP contribution in [0.3, 0.4) is 0 Å². The number of hydrazine groups is 1. The lowest BCUT2D eigenvalue weighted by atomic mass is 10.4. The van der Waals surface area contributed by atoms with Gasteiger partial charge in [0.2, 0.25) is 0 Å². The molecule has 3 nitrogen and oxygen atoms in total. The highest BCUT2D eigenvalue weighted by molar-refractivity contribution is 4.96. The Morgan fingerprint density at radius 1 is 1.31 bits per heavy atom. The summed E-state index contributed by atoms with van der Waals surface area (Å²) in [6.45, 7) is 7.08. The maximum atomic E-state index is 3.37. The zero-order valence-corrected chi connectivity index (χ0v) is 8.37. The molecule has 2 aliphatic heterocycles. The van der Waals surface area contributed by atoms with Crippen LogP contribution < -0.4 is 5.43 Å². The molecule has 0 amide bonds. The Labute approximate surface area is 80.4 Å². The highest BCUT2D eigenvalue weighted by Crippen LogP contribution is 2.07. The summed E-state index contributed by atoms with van der Waals surface area (Å²) in [6, 6.07) is 0.513. The van der Waals surface area contributed by atoms with Crippen molar-refractivity contribution in [3.63, 3.8) is 0 Å². The van der Waals surface area contributed by atoms with Crippen LogP contribution in [0.4, 0.5) is 0 Å². The average Bonchev–Trinajstić information content (AvgIpc) is 2.71. The quantitative estimate of drug-likeness (QED) is 0.695. The Balaban J connectivity index is 1.65. The molecule has 0 aliphatic carbocycles. The molecule has 13 heavy (non-hydrogen) atoms. The summed E-state index contributed by atoms with van der Waals surface area (Å²) in [6.07, 6.45) is 7.13. The Hall–Kier alpha value is -0.540. The van der Waals surface area contributed by atoms with Crippen LogP contribution in [0.25, 0.3) is 0 Å². The first-order chi connectivity index (χ1) is 6.34. The van der Waals surface area contributed by atoms with Crippen molar-refractivity contribution in [3.8, 4) is 0 Å². The van der Waals surface area contributed by atoms with Gasteiger partial charge in [0, 0.05) is 25.3 Å². The van der Waals surface area contributed by atoms with Gasteiger partial charge in [-0.15, -0.1) is 0 Å². The van der Waals surface area contributed by atoms with Gasteiger partial charge >= 0.3 is 0 Å². The summed E-state index contributed by atoms with van der Waals surface area (Å²) >= 11 is 0. The Morgan fingerprint density at radius 2 is 2.08 bits per heavy atom. The lowest BCUT2D eigenvalue weighted by molar-refractivity contribution is 0.230. The predicted molar refractivity (Wildman–Crippen MR) is 54.1 cm³/mol. The first kappa shape index (κ1) is 9.03. The molecular weight excluding hydrogens is 162 g/mol. The minimum atomic E-state index is 0.513. The van der Waals surface area contributed by atoms with Gasteiger partial charge in [-0.3, -0.25) is 0 Å². The molecule has 2 heterocycles. The third-order valence-corrected chi connectivity index (χ3v) is 2.78. The largest absolute Gasteiger partial charge is 0.314 e. The number of hydrogen-bond donors (Lipinski definition) is 1. The van der Waals surface area contributed by atoms with Gasteiger partial charge in [-0.25, -0.2) is 5.43 Å². The van der Waals surface area contributed by atoms with Crippen LogP contribution in [0, 0.1) is 0 Å². The fraction of sp³-hybridized carbons (Fsp3) is 0.800. The topological polar surface area (TPSA) is 18.5 Å². The molecule has 0 aromatic rings. The summed E-state index contributed by atoms with van der Waals surface area (Å²) in [5.74, 6) is 0. The molecule has 1 atom stereocenters. The van der Waals surface area contributed by atoms with Gasteiger partial charge < -0.3 is 9.91 Å². The Morgan fingerprint density at radius 3 is 2.69 bits per heavy atom. The van der Waals surface area contributed by atoms with Gasteiger partial charge in [0.1, 0.15) is 0 Å². The monoisotopic (exact) mass is 181 g/mol. The van der Waals surface area contributed by atoms with Crippen molar-refractivity contribution in [1.29, 1.82) is 0 Å². The van der Waals surface area contributed by atoms with Crippen molar-refractivity contribution >= 4 is 0 Å². The van der Waals surface area contributed by atoms with Crippen molar-refractivity contribution in [1.82, 2.24) is 15.3 Å². The van der Waals surface area contributed by atoms with E-state index in [4.69, 9.17) is 0 Å². The van der Waals surface area contributed by atoms with Crippen molar-refractivity contribution in [2.75, 3.05) is 26.2 Å². The molecule has 1 N–H and O–H groups in total. The summed E-state index contributed by atoms with van der Waals surface area (Å²) < 4.78 is 0. The zero-order chi connectivity index (χ0) is 9.10. The number of hydrogen-bond acceptors (Lipinski definition) is 3. The van der Waals surface area contributed by atoms with Gasteiger partial charge in [-0.2, -0.15) is 0 Å². The molecule has 0 radical (unpaired) electrons. The fourth-order valence-corrected chi connectivity index (χ4v) is 1.98. The van der Waals surface area contributed by atoms with Crippen molar-refractivity contribution in [3.05, 3.63) is 12.3 Å². The molecule has 74 valence electrons. The van der Waals surface area contributed by atoms with Crippen LogP contribution in [0.15, 0.2) is 12.3 Å². The Bertz CT molecular complexity index is 185. The average molecular weight is 181 g/mol. The summed E-state index contributed by atoms with van der Waals surface area (Å²) in [7, 11) is 0. The lowest BCUT2D eigenvalue weighted by Gasteiger charge is -2.22. The molecule has 3 heteroatoms. The van der Waals surface area contributed by atoms with E-state index in [2.05, 4.69) is 34.5 Å². The van der Waals surface area contributed by atoms with Crippen LogP contribution in [0.2, 0.25) is 0 Å². The molecule has 1 unspecified atom stereocenters. The van der Waals surface area contributed by atoms with E-state index in [1.165, 1.54) is 32.5 Å². The van der Waals surface area contributed by atoms with E-state index in [0.29, 0.717) is 6.04 Å². The van der Waals surface area contributed by atoms with Gasteiger partial charge in [0.05, 0.1) is 0 Å². The van der Waals surface area contributed by atoms with Crippen LogP contribution in [-0.2, 0) is 0 Å². The third kappa shape index (κ3) is 2.45. The molecule has 0 spiro atoms. The second kappa shape index (κ2) is 4.11. The number of likely N-dealkylation sites (tertiary alicyclic amines) is 1. The van der Waals surface area contributed by atoms with Gasteiger partial charge in [0.15, 0.2) is 0 Å². The highest BCUT2D eigenvalue weighted by Gasteiger charge is 2.14. The van der Waals surface area contributed by atoms with Gasteiger partial charge in [0.25, 0.3) is 0 Å². The second-order valence-electron chi connectivity index (χ2n) is 4.00. The van der Waals surface area contributed by atoms with Gasteiger partial charge in [-0.05, 0) is 38.9 Å². The molecule has 2 rings (SSSR count). The van der Waals surface area contributed by atoms with Crippen LogP contribution in [-0.4, -0.2) is 42.1 Å². The van der Waals surface area contributed by atoms with E-state index in [1.807, 2.05) is 0 Å². The number of rotatable bonds is 3. The lowest BCUT2D eigenvalue weighted by Crippen LogP contribution is -2.38. The third-order valence-electron chi connectivity index (χ3n) is 2.78. The SMILES string of the molecule is CC1C=CN(CCN2CCCC2)N1. The first-order valence-corrected chi connectivity index (χ1v) is 5.28. The predicted octanol–water partition coefficient (Wildman–Crippen LogP) is 0.805. The summed E-state index contributed by atoms with van der Waals surface area (Å²) in [5.41, 5.74) is 3.37. The minimum absolute atomic E-state index is 0.513. The molecule has 1 fully saturated rings. The summed E-state index contributed by atoms with van der Waals surface area (Å²) in [4.78, 5) is 2.54.